The summed E-state index contributed by atoms with van der Waals surface area (Å²) in [7, 11) is 0. The molecule has 0 saturated heterocycles. The third-order valence-corrected chi connectivity index (χ3v) is 2.47. The standard InChI is InChI=1S/C13H22N2O/c1-3-10-16-11-4-7-15-12(2)13-5-8-14-9-6-13/h5-6,8-9,12,15H,3-4,7,10-11H2,1-2H3. The van der Waals surface area contributed by atoms with Crippen LogP contribution in [0.1, 0.15) is 38.3 Å². The van der Waals surface area contributed by atoms with Gasteiger partial charge in [-0.3, -0.25) is 4.98 Å². The zero-order chi connectivity index (χ0) is 11.6. The predicted molar refractivity (Wildman–Crippen MR) is 66.4 cm³/mol. The molecule has 1 heterocycles. The highest BCUT2D eigenvalue weighted by Gasteiger charge is 2.02. The Morgan fingerprint density at radius 1 is 1.31 bits per heavy atom. The maximum atomic E-state index is 5.42. The van der Waals surface area contributed by atoms with Gasteiger partial charge in [0.05, 0.1) is 0 Å². The number of rotatable bonds is 8. The maximum absolute atomic E-state index is 5.42. The highest BCUT2D eigenvalue weighted by molar-refractivity contribution is 5.13. The van der Waals surface area contributed by atoms with E-state index < -0.39 is 0 Å². The molecule has 3 nitrogen and oxygen atoms in total. The molecule has 0 spiro atoms. The van der Waals surface area contributed by atoms with Crippen molar-refractivity contribution < 1.29 is 4.74 Å². The van der Waals surface area contributed by atoms with Crippen LogP contribution in [-0.4, -0.2) is 24.7 Å². The largest absolute Gasteiger partial charge is 0.381 e. The average Bonchev–Trinajstić information content (AvgIpc) is 2.34. The number of nitrogens with one attached hydrogen (secondary N) is 1. The van der Waals surface area contributed by atoms with Crippen molar-refractivity contribution in [3.05, 3.63) is 30.1 Å². The summed E-state index contributed by atoms with van der Waals surface area (Å²) in [6.45, 7) is 7.02. The molecule has 16 heavy (non-hydrogen) atoms. The molecule has 1 aromatic rings. The summed E-state index contributed by atoms with van der Waals surface area (Å²) < 4.78 is 5.42. The minimum atomic E-state index is 0.383. The van der Waals surface area contributed by atoms with Gasteiger partial charge in [0.25, 0.3) is 0 Å². The van der Waals surface area contributed by atoms with E-state index >= 15 is 0 Å². The summed E-state index contributed by atoms with van der Waals surface area (Å²) >= 11 is 0. The quantitative estimate of drug-likeness (QED) is 0.686. The van der Waals surface area contributed by atoms with Gasteiger partial charge in [0.2, 0.25) is 0 Å². The molecule has 1 rings (SSSR count). The second-order valence-corrected chi connectivity index (χ2v) is 3.92. The summed E-state index contributed by atoms with van der Waals surface area (Å²) in [4.78, 5) is 4.01. The SMILES string of the molecule is CCCOCCCNC(C)c1ccncc1. The number of hydrogen-bond acceptors (Lipinski definition) is 3. The molecular formula is C13H22N2O. The van der Waals surface area contributed by atoms with Crippen LogP contribution < -0.4 is 5.32 Å². The van der Waals surface area contributed by atoms with Gasteiger partial charge < -0.3 is 10.1 Å². The van der Waals surface area contributed by atoms with E-state index in [9.17, 15) is 0 Å². The highest BCUT2D eigenvalue weighted by Crippen LogP contribution is 2.09. The van der Waals surface area contributed by atoms with E-state index in [4.69, 9.17) is 4.74 Å². The van der Waals surface area contributed by atoms with Crippen molar-refractivity contribution in [2.75, 3.05) is 19.8 Å². The Bertz CT molecular complexity index is 264. The molecule has 0 amide bonds. The minimum absolute atomic E-state index is 0.383. The summed E-state index contributed by atoms with van der Waals surface area (Å²) in [6, 6.07) is 4.48. The molecular weight excluding hydrogens is 200 g/mol. The highest BCUT2D eigenvalue weighted by atomic mass is 16.5. The van der Waals surface area contributed by atoms with Crippen molar-refractivity contribution in [3.63, 3.8) is 0 Å². The normalized spacial score (nSPS) is 12.6. The zero-order valence-corrected chi connectivity index (χ0v) is 10.3. The average molecular weight is 222 g/mol. The molecule has 1 N–H and O–H groups in total. The smallest absolute Gasteiger partial charge is 0.0478 e. The van der Waals surface area contributed by atoms with E-state index in [0.29, 0.717) is 6.04 Å². The van der Waals surface area contributed by atoms with Gasteiger partial charge in [-0.1, -0.05) is 6.92 Å². The van der Waals surface area contributed by atoms with E-state index in [0.717, 1.165) is 32.6 Å². The minimum Gasteiger partial charge on any atom is -0.381 e. The lowest BCUT2D eigenvalue weighted by Gasteiger charge is -2.13. The maximum Gasteiger partial charge on any atom is 0.0478 e. The number of aromatic nitrogens is 1. The first kappa shape index (κ1) is 13.1. The molecule has 1 unspecified atom stereocenters. The van der Waals surface area contributed by atoms with E-state index in [1.54, 1.807) is 0 Å². The van der Waals surface area contributed by atoms with Crippen LogP contribution in [0.2, 0.25) is 0 Å². The van der Waals surface area contributed by atoms with Gasteiger partial charge in [0.1, 0.15) is 0 Å². The Balaban J connectivity index is 2.09. The molecule has 90 valence electrons. The molecule has 0 bridgehead atoms. The summed E-state index contributed by atoms with van der Waals surface area (Å²) in [6.07, 6.45) is 5.83. The van der Waals surface area contributed by atoms with E-state index in [2.05, 4.69) is 24.1 Å². The molecule has 0 saturated carbocycles. The fourth-order valence-corrected chi connectivity index (χ4v) is 1.51. The van der Waals surface area contributed by atoms with Crippen LogP contribution in [0.25, 0.3) is 0 Å². The Hall–Kier alpha value is -0.930. The number of hydrogen-bond donors (Lipinski definition) is 1. The van der Waals surface area contributed by atoms with Crippen LogP contribution in [0.4, 0.5) is 0 Å². The van der Waals surface area contributed by atoms with Crippen LogP contribution in [0, 0.1) is 0 Å². The van der Waals surface area contributed by atoms with Crippen molar-refractivity contribution in [1.82, 2.24) is 10.3 Å². The van der Waals surface area contributed by atoms with Crippen molar-refractivity contribution in [2.45, 2.75) is 32.7 Å². The second-order valence-electron chi connectivity index (χ2n) is 3.92. The summed E-state index contributed by atoms with van der Waals surface area (Å²) in [5.41, 5.74) is 1.28. The van der Waals surface area contributed by atoms with Gasteiger partial charge in [-0.2, -0.15) is 0 Å². The molecule has 0 aromatic carbocycles. The molecule has 3 heteroatoms. The van der Waals surface area contributed by atoms with Gasteiger partial charge in [-0.15, -0.1) is 0 Å². The topological polar surface area (TPSA) is 34.1 Å². The lowest BCUT2D eigenvalue weighted by Crippen LogP contribution is -2.21. The molecule has 1 aromatic heterocycles. The molecule has 0 aliphatic heterocycles. The van der Waals surface area contributed by atoms with Crippen LogP contribution in [-0.2, 0) is 4.74 Å². The van der Waals surface area contributed by atoms with Crippen molar-refractivity contribution >= 4 is 0 Å². The number of ether oxygens (including phenoxy) is 1. The second kappa shape index (κ2) is 8.25. The van der Waals surface area contributed by atoms with Crippen LogP contribution in [0.3, 0.4) is 0 Å². The van der Waals surface area contributed by atoms with Crippen LogP contribution >= 0.6 is 0 Å². The predicted octanol–water partition coefficient (Wildman–Crippen LogP) is 2.55. The van der Waals surface area contributed by atoms with E-state index in [1.807, 2.05) is 24.5 Å². The molecule has 1 atom stereocenters. The van der Waals surface area contributed by atoms with Gasteiger partial charge in [-0.05, 0) is 44.0 Å². The fraction of sp³-hybridized carbons (Fsp3) is 0.615. The van der Waals surface area contributed by atoms with Crippen LogP contribution in [0.15, 0.2) is 24.5 Å². The number of pyridine rings is 1. The molecule has 0 fully saturated rings. The zero-order valence-electron chi connectivity index (χ0n) is 10.3. The third kappa shape index (κ3) is 5.24. The lowest BCUT2D eigenvalue weighted by atomic mass is 10.1. The Morgan fingerprint density at radius 2 is 2.06 bits per heavy atom. The Morgan fingerprint density at radius 3 is 2.75 bits per heavy atom. The van der Waals surface area contributed by atoms with Crippen molar-refractivity contribution in [3.8, 4) is 0 Å². The van der Waals surface area contributed by atoms with Crippen molar-refractivity contribution in [2.24, 2.45) is 0 Å². The van der Waals surface area contributed by atoms with Gasteiger partial charge in [-0.25, -0.2) is 0 Å². The first-order valence-corrected chi connectivity index (χ1v) is 6.05. The van der Waals surface area contributed by atoms with Crippen LogP contribution in [0.5, 0.6) is 0 Å². The van der Waals surface area contributed by atoms with Gasteiger partial charge >= 0.3 is 0 Å². The van der Waals surface area contributed by atoms with Gasteiger partial charge in [0, 0.05) is 31.6 Å². The Labute approximate surface area is 98.2 Å². The van der Waals surface area contributed by atoms with E-state index in [-0.39, 0.29) is 0 Å². The van der Waals surface area contributed by atoms with E-state index in [1.165, 1.54) is 5.56 Å². The fourth-order valence-electron chi connectivity index (χ4n) is 1.51. The first-order valence-electron chi connectivity index (χ1n) is 6.05. The van der Waals surface area contributed by atoms with Crippen molar-refractivity contribution in [1.29, 1.82) is 0 Å². The lowest BCUT2D eigenvalue weighted by molar-refractivity contribution is 0.132. The third-order valence-electron chi connectivity index (χ3n) is 2.47. The molecule has 0 aliphatic carbocycles. The van der Waals surface area contributed by atoms with Gasteiger partial charge in [0.15, 0.2) is 0 Å². The number of nitrogens with zero attached hydrogens (tertiary/aromatic N) is 1. The molecule has 0 radical (unpaired) electrons. The monoisotopic (exact) mass is 222 g/mol. The molecule has 0 aliphatic rings. The first-order chi connectivity index (χ1) is 7.84. The summed E-state index contributed by atoms with van der Waals surface area (Å²) in [5.74, 6) is 0. The Kier molecular flexibility index (Phi) is 6.77. The summed E-state index contributed by atoms with van der Waals surface area (Å²) in [5, 5.41) is 3.47.